The molecule has 6 nitrogen and oxygen atoms in total. The van der Waals surface area contributed by atoms with Crippen molar-refractivity contribution in [2.75, 3.05) is 5.32 Å². The van der Waals surface area contributed by atoms with Gasteiger partial charge in [0.25, 0.3) is 0 Å². The number of anilines is 1. The van der Waals surface area contributed by atoms with Crippen LogP contribution >= 0.6 is 34.2 Å². The molecule has 1 amide bonds. The van der Waals surface area contributed by atoms with Gasteiger partial charge in [0, 0.05) is 19.8 Å². The summed E-state index contributed by atoms with van der Waals surface area (Å²) in [5, 5.41) is 15.6. The highest BCUT2D eigenvalue weighted by Crippen LogP contribution is 2.18. The van der Waals surface area contributed by atoms with E-state index in [0.29, 0.717) is 10.8 Å². The first kappa shape index (κ1) is 16.8. The lowest BCUT2D eigenvalue weighted by Crippen LogP contribution is -2.21. The van der Waals surface area contributed by atoms with Crippen LogP contribution in [-0.2, 0) is 11.3 Å². The third-order valence-electron chi connectivity index (χ3n) is 3.30. The molecule has 1 N–H and O–H groups in total. The van der Waals surface area contributed by atoms with Gasteiger partial charge >= 0.3 is 0 Å². The van der Waals surface area contributed by atoms with Crippen LogP contribution in [0.3, 0.4) is 0 Å². The van der Waals surface area contributed by atoms with E-state index in [4.69, 9.17) is 11.6 Å². The van der Waals surface area contributed by atoms with Gasteiger partial charge in [-0.05, 0) is 82.8 Å². The predicted octanol–water partition coefficient (Wildman–Crippen LogP) is 3.55. The van der Waals surface area contributed by atoms with Crippen LogP contribution < -0.4 is 5.32 Å². The third kappa shape index (κ3) is 4.09. The largest absolute Gasteiger partial charge is 0.324 e. The highest BCUT2D eigenvalue weighted by atomic mass is 127. The summed E-state index contributed by atoms with van der Waals surface area (Å²) < 4.78 is 1.12. The first-order valence-corrected chi connectivity index (χ1v) is 8.57. The Hall–Kier alpha value is -2.00. The minimum absolute atomic E-state index is 0.00792. The van der Waals surface area contributed by atoms with E-state index in [1.54, 1.807) is 24.3 Å². The molecule has 2 aromatic carbocycles. The van der Waals surface area contributed by atoms with Crippen molar-refractivity contribution in [2.45, 2.75) is 13.5 Å². The van der Waals surface area contributed by atoms with Gasteiger partial charge in [-0.15, -0.1) is 10.2 Å². The maximum atomic E-state index is 12.2. The number of tetrazole rings is 1. The summed E-state index contributed by atoms with van der Waals surface area (Å²) in [6.07, 6.45) is 0. The minimum Gasteiger partial charge on any atom is -0.324 e. The Labute approximate surface area is 157 Å². The smallest absolute Gasteiger partial charge is 0.248 e. The highest BCUT2D eigenvalue weighted by molar-refractivity contribution is 14.1. The molecule has 0 saturated heterocycles. The van der Waals surface area contributed by atoms with Crippen molar-refractivity contribution in [3.05, 3.63) is 56.6 Å². The van der Waals surface area contributed by atoms with Crippen molar-refractivity contribution >= 4 is 45.8 Å². The summed E-state index contributed by atoms with van der Waals surface area (Å²) >= 11 is 8.09. The van der Waals surface area contributed by atoms with Crippen LogP contribution in [0.15, 0.2) is 42.5 Å². The zero-order chi connectivity index (χ0) is 17.1. The molecule has 0 aliphatic heterocycles. The van der Waals surface area contributed by atoms with Gasteiger partial charge in [-0.25, -0.2) is 0 Å². The molecule has 0 radical (unpaired) electrons. The molecule has 0 bridgehead atoms. The van der Waals surface area contributed by atoms with Gasteiger partial charge < -0.3 is 5.32 Å². The molecule has 122 valence electrons. The lowest BCUT2D eigenvalue weighted by atomic mass is 10.2. The molecule has 3 aromatic rings. The van der Waals surface area contributed by atoms with Crippen molar-refractivity contribution in [3.63, 3.8) is 0 Å². The van der Waals surface area contributed by atoms with Crippen molar-refractivity contribution in [2.24, 2.45) is 0 Å². The zero-order valence-corrected chi connectivity index (χ0v) is 15.6. The maximum Gasteiger partial charge on any atom is 0.248 e. The van der Waals surface area contributed by atoms with Gasteiger partial charge in [0.05, 0.1) is 0 Å². The Bertz CT molecular complexity index is 878. The summed E-state index contributed by atoms with van der Waals surface area (Å²) in [5.41, 5.74) is 2.57. The molecular formula is C16H13ClIN5O. The average Bonchev–Trinajstić information content (AvgIpc) is 2.99. The molecule has 3 rings (SSSR count). The average molecular weight is 454 g/mol. The van der Waals surface area contributed by atoms with Crippen LogP contribution in [0, 0.1) is 10.5 Å². The number of halogens is 2. The van der Waals surface area contributed by atoms with E-state index in [1.807, 2.05) is 25.1 Å². The second-order valence-corrected chi connectivity index (χ2v) is 6.84. The first-order chi connectivity index (χ1) is 11.5. The molecular weight excluding hydrogens is 441 g/mol. The number of benzene rings is 2. The Morgan fingerprint density at radius 1 is 1.25 bits per heavy atom. The quantitative estimate of drug-likeness (QED) is 0.613. The van der Waals surface area contributed by atoms with Crippen LogP contribution in [0.4, 0.5) is 5.69 Å². The van der Waals surface area contributed by atoms with E-state index in [1.165, 1.54) is 4.80 Å². The number of rotatable bonds is 4. The summed E-state index contributed by atoms with van der Waals surface area (Å²) in [6.45, 7) is 1.94. The van der Waals surface area contributed by atoms with E-state index in [9.17, 15) is 4.79 Å². The van der Waals surface area contributed by atoms with Gasteiger partial charge in [-0.3, -0.25) is 4.79 Å². The summed E-state index contributed by atoms with van der Waals surface area (Å²) in [6, 6.07) is 12.9. The maximum absolute atomic E-state index is 12.2. The van der Waals surface area contributed by atoms with Gasteiger partial charge in [0.15, 0.2) is 0 Å². The molecule has 1 aromatic heterocycles. The van der Waals surface area contributed by atoms with Crippen molar-refractivity contribution in [1.82, 2.24) is 20.2 Å². The zero-order valence-electron chi connectivity index (χ0n) is 12.7. The normalized spacial score (nSPS) is 10.6. The molecule has 0 spiro atoms. The van der Waals surface area contributed by atoms with E-state index >= 15 is 0 Å². The number of aryl methyl sites for hydroxylation is 1. The van der Waals surface area contributed by atoms with Crippen molar-refractivity contribution in [3.8, 4) is 11.4 Å². The number of carbonyl (C=O) groups is 1. The number of carbonyl (C=O) groups excluding carboxylic acids is 1. The Morgan fingerprint density at radius 3 is 2.71 bits per heavy atom. The number of nitrogens with one attached hydrogen (secondary N) is 1. The summed E-state index contributed by atoms with van der Waals surface area (Å²) in [5.74, 6) is 0.240. The minimum atomic E-state index is -0.209. The second-order valence-electron chi connectivity index (χ2n) is 5.16. The topological polar surface area (TPSA) is 72.7 Å². The van der Waals surface area contributed by atoms with Crippen LogP contribution in [0.25, 0.3) is 11.4 Å². The van der Waals surface area contributed by atoms with Crippen molar-refractivity contribution < 1.29 is 4.79 Å². The molecule has 0 unspecified atom stereocenters. The number of hydrogen-bond donors (Lipinski definition) is 1. The fourth-order valence-corrected chi connectivity index (χ4v) is 2.88. The fourth-order valence-electron chi connectivity index (χ4n) is 2.11. The van der Waals surface area contributed by atoms with Gasteiger partial charge in [-0.1, -0.05) is 11.6 Å². The van der Waals surface area contributed by atoms with E-state index in [-0.39, 0.29) is 12.5 Å². The summed E-state index contributed by atoms with van der Waals surface area (Å²) in [4.78, 5) is 13.4. The molecule has 0 aliphatic rings. The third-order valence-corrected chi connectivity index (χ3v) is 4.23. The Morgan fingerprint density at radius 2 is 2.00 bits per heavy atom. The fraction of sp³-hybridized carbons (Fsp3) is 0.125. The number of hydrogen-bond acceptors (Lipinski definition) is 4. The number of nitrogens with zero attached hydrogens (tertiary/aromatic N) is 4. The molecule has 8 heteroatoms. The van der Waals surface area contributed by atoms with Gasteiger partial charge in [-0.2, -0.15) is 4.80 Å². The summed E-state index contributed by atoms with van der Waals surface area (Å²) in [7, 11) is 0. The number of aromatic nitrogens is 4. The SMILES string of the molecule is Cc1cc(I)ccc1NC(=O)Cn1nnc(-c2ccc(Cl)cc2)n1. The van der Waals surface area contributed by atoms with Gasteiger partial charge in [0.1, 0.15) is 6.54 Å². The lowest BCUT2D eigenvalue weighted by molar-refractivity contribution is -0.117. The van der Waals surface area contributed by atoms with Crippen LogP contribution in [0.1, 0.15) is 5.56 Å². The van der Waals surface area contributed by atoms with E-state index < -0.39 is 0 Å². The first-order valence-electron chi connectivity index (χ1n) is 7.11. The van der Waals surface area contributed by atoms with Crippen LogP contribution in [0.5, 0.6) is 0 Å². The van der Waals surface area contributed by atoms with E-state index in [2.05, 4.69) is 43.3 Å². The predicted molar refractivity (Wildman–Crippen MR) is 101 cm³/mol. The molecule has 0 aliphatic carbocycles. The monoisotopic (exact) mass is 453 g/mol. The standard InChI is InChI=1S/C16H13ClIN5O/c1-10-8-13(18)6-7-14(10)19-15(24)9-23-21-16(20-22-23)11-2-4-12(17)5-3-11/h2-8H,9H2,1H3,(H,19,24). The highest BCUT2D eigenvalue weighted by Gasteiger charge is 2.10. The second kappa shape index (κ2) is 7.27. The van der Waals surface area contributed by atoms with Gasteiger partial charge in [0.2, 0.25) is 11.7 Å². The Balaban J connectivity index is 1.68. The Kier molecular flexibility index (Phi) is 5.10. The van der Waals surface area contributed by atoms with Crippen LogP contribution in [-0.4, -0.2) is 26.1 Å². The van der Waals surface area contributed by atoms with Crippen LogP contribution in [0.2, 0.25) is 5.02 Å². The number of amides is 1. The molecule has 1 heterocycles. The molecule has 0 saturated carbocycles. The molecule has 0 atom stereocenters. The van der Waals surface area contributed by atoms with Crippen molar-refractivity contribution in [1.29, 1.82) is 0 Å². The molecule has 0 fully saturated rings. The lowest BCUT2D eigenvalue weighted by Gasteiger charge is -2.08. The molecule has 24 heavy (non-hydrogen) atoms. The van der Waals surface area contributed by atoms with E-state index in [0.717, 1.165) is 20.4 Å².